The molecule has 0 saturated carbocycles. The van der Waals surface area contributed by atoms with E-state index < -0.39 is 0 Å². The van der Waals surface area contributed by atoms with Crippen molar-refractivity contribution in [3.8, 4) is 11.4 Å². The van der Waals surface area contributed by atoms with Gasteiger partial charge >= 0.3 is 0 Å². The molecular formula is C12H11BrFN3. The van der Waals surface area contributed by atoms with Gasteiger partial charge in [-0.05, 0) is 47.1 Å². The molecule has 0 saturated heterocycles. The second-order valence-electron chi connectivity index (χ2n) is 3.42. The number of aromatic nitrogens is 2. The van der Waals surface area contributed by atoms with Crippen LogP contribution < -0.4 is 5.32 Å². The summed E-state index contributed by atoms with van der Waals surface area (Å²) in [6.45, 7) is 2.77. The molecule has 1 N–H and O–H groups in total. The van der Waals surface area contributed by atoms with Gasteiger partial charge in [-0.25, -0.2) is 14.4 Å². The van der Waals surface area contributed by atoms with Gasteiger partial charge < -0.3 is 5.32 Å². The summed E-state index contributed by atoms with van der Waals surface area (Å²) < 4.78 is 13.8. The first-order valence-electron chi connectivity index (χ1n) is 5.23. The van der Waals surface area contributed by atoms with Gasteiger partial charge in [0.15, 0.2) is 5.82 Å². The van der Waals surface area contributed by atoms with Crippen molar-refractivity contribution < 1.29 is 4.39 Å². The van der Waals surface area contributed by atoms with E-state index in [0.717, 1.165) is 12.4 Å². The van der Waals surface area contributed by atoms with Crippen LogP contribution in [0.25, 0.3) is 11.4 Å². The Kier molecular flexibility index (Phi) is 3.68. The lowest BCUT2D eigenvalue weighted by Gasteiger charge is -2.05. The first kappa shape index (κ1) is 12.0. The van der Waals surface area contributed by atoms with Crippen LogP contribution in [0.15, 0.2) is 34.9 Å². The van der Waals surface area contributed by atoms with Crippen molar-refractivity contribution in [2.75, 3.05) is 11.9 Å². The maximum Gasteiger partial charge on any atom is 0.161 e. The van der Waals surface area contributed by atoms with Crippen molar-refractivity contribution in [3.63, 3.8) is 0 Å². The van der Waals surface area contributed by atoms with Crippen molar-refractivity contribution >= 4 is 21.7 Å². The lowest BCUT2D eigenvalue weighted by Crippen LogP contribution is -2.00. The predicted molar refractivity (Wildman–Crippen MR) is 69.3 cm³/mol. The van der Waals surface area contributed by atoms with Crippen molar-refractivity contribution in [2.45, 2.75) is 6.92 Å². The van der Waals surface area contributed by atoms with Crippen molar-refractivity contribution in [2.24, 2.45) is 0 Å². The molecule has 0 radical (unpaired) electrons. The highest BCUT2D eigenvalue weighted by atomic mass is 79.9. The largest absolute Gasteiger partial charge is 0.370 e. The molecule has 0 fully saturated rings. The zero-order valence-electron chi connectivity index (χ0n) is 9.24. The molecule has 0 aliphatic carbocycles. The number of hydrogen-bond acceptors (Lipinski definition) is 3. The Bertz CT molecular complexity index is 531. The van der Waals surface area contributed by atoms with E-state index in [1.54, 1.807) is 24.4 Å². The number of hydrogen-bond donors (Lipinski definition) is 1. The molecule has 0 aliphatic heterocycles. The molecule has 17 heavy (non-hydrogen) atoms. The highest BCUT2D eigenvalue weighted by Gasteiger charge is 2.05. The van der Waals surface area contributed by atoms with Crippen molar-refractivity contribution in [1.29, 1.82) is 0 Å². The van der Waals surface area contributed by atoms with E-state index in [2.05, 4.69) is 31.2 Å². The van der Waals surface area contributed by atoms with Crippen LogP contribution >= 0.6 is 15.9 Å². The molecule has 0 amide bonds. The second-order valence-corrected chi connectivity index (χ2v) is 4.28. The molecular weight excluding hydrogens is 285 g/mol. The molecule has 0 spiro atoms. The first-order valence-corrected chi connectivity index (χ1v) is 6.02. The smallest absolute Gasteiger partial charge is 0.161 e. The third-order valence-electron chi connectivity index (χ3n) is 2.19. The molecule has 2 aromatic rings. The van der Waals surface area contributed by atoms with Gasteiger partial charge in [0.1, 0.15) is 11.6 Å². The minimum absolute atomic E-state index is 0.319. The minimum atomic E-state index is -0.319. The van der Waals surface area contributed by atoms with Gasteiger partial charge in [-0.15, -0.1) is 0 Å². The van der Waals surface area contributed by atoms with E-state index in [1.165, 1.54) is 6.07 Å². The molecule has 5 heteroatoms. The van der Waals surface area contributed by atoms with Gasteiger partial charge in [0.05, 0.1) is 4.47 Å². The van der Waals surface area contributed by atoms with E-state index >= 15 is 0 Å². The summed E-state index contributed by atoms with van der Waals surface area (Å²) in [5.74, 6) is 0.927. The summed E-state index contributed by atoms with van der Waals surface area (Å²) in [5.41, 5.74) is 0.658. The summed E-state index contributed by atoms with van der Waals surface area (Å²) in [5, 5.41) is 3.09. The van der Waals surface area contributed by atoms with E-state index in [0.29, 0.717) is 15.9 Å². The van der Waals surface area contributed by atoms with Gasteiger partial charge in [-0.3, -0.25) is 0 Å². The quantitative estimate of drug-likeness (QED) is 0.942. The van der Waals surface area contributed by atoms with Crippen LogP contribution in [-0.4, -0.2) is 16.5 Å². The Morgan fingerprint density at radius 3 is 2.88 bits per heavy atom. The molecule has 1 heterocycles. The normalized spacial score (nSPS) is 10.3. The van der Waals surface area contributed by atoms with Crippen LogP contribution in [0.4, 0.5) is 10.2 Å². The maximum absolute atomic E-state index is 13.4. The van der Waals surface area contributed by atoms with Crippen molar-refractivity contribution in [3.05, 3.63) is 40.8 Å². The van der Waals surface area contributed by atoms with Crippen LogP contribution in [-0.2, 0) is 0 Å². The number of nitrogens with zero attached hydrogens (tertiary/aromatic N) is 2. The van der Waals surface area contributed by atoms with Gasteiger partial charge in [0.25, 0.3) is 0 Å². The van der Waals surface area contributed by atoms with E-state index in [1.807, 2.05) is 6.92 Å². The number of rotatable bonds is 3. The van der Waals surface area contributed by atoms with Crippen molar-refractivity contribution in [1.82, 2.24) is 9.97 Å². The van der Waals surface area contributed by atoms with Crippen LogP contribution in [0.2, 0.25) is 0 Å². The third-order valence-corrected chi connectivity index (χ3v) is 2.83. The zero-order chi connectivity index (χ0) is 12.3. The fourth-order valence-electron chi connectivity index (χ4n) is 1.41. The van der Waals surface area contributed by atoms with Crippen LogP contribution in [0.1, 0.15) is 6.92 Å². The highest BCUT2D eigenvalue weighted by Crippen LogP contribution is 2.22. The predicted octanol–water partition coefficient (Wildman–Crippen LogP) is 3.48. The zero-order valence-corrected chi connectivity index (χ0v) is 10.8. The van der Waals surface area contributed by atoms with Crippen LogP contribution in [0.3, 0.4) is 0 Å². The lowest BCUT2D eigenvalue weighted by atomic mass is 10.2. The Balaban J connectivity index is 2.38. The fourth-order valence-corrected chi connectivity index (χ4v) is 1.66. The SMILES string of the molecule is CCNc1ccnc(-c2ccc(Br)c(F)c2)n1. The summed E-state index contributed by atoms with van der Waals surface area (Å²) in [6, 6.07) is 6.61. The lowest BCUT2D eigenvalue weighted by molar-refractivity contribution is 0.621. The van der Waals surface area contributed by atoms with Gasteiger partial charge in [0, 0.05) is 18.3 Å². The Hall–Kier alpha value is -1.49. The third kappa shape index (κ3) is 2.79. The number of nitrogens with one attached hydrogen (secondary N) is 1. The standard InChI is InChI=1S/C12H11BrFN3/c1-2-15-11-5-6-16-12(17-11)8-3-4-9(13)10(14)7-8/h3-7H,2H2,1H3,(H,15,16,17). The average molecular weight is 296 g/mol. The van der Waals surface area contributed by atoms with E-state index in [4.69, 9.17) is 0 Å². The highest BCUT2D eigenvalue weighted by molar-refractivity contribution is 9.10. The molecule has 0 atom stereocenters. The summed E-state index contributed by atoms with van der Waals surface area (Å²) in [6.07, 6.45) is 1.65. The molecule has 3 nitrogen and oxygen atoms in total. The summed E-state index contributed by atoms with van der Waals surface area (Å²) in [7, 11) is 0. The molecule has 88 valence electrons. The minimum Gasteiger partial charge on any atom is -0.370 e. The molecule has 0 bridgehead atoms. The fraction of sp³-hybridized carbons (Fsp3) is 0.167. The average Bonchev–Trinajstić information content (AvgIpc) is 2.33. The first-order chi connectivity index (χ1) is 8.20. The van der Waals surface area contributed by atoms with Gasteiger partial charge in [-0.2, -0.15) is 0 Å². The van der Waals surface area contributed by atoms with Gasteiger partial charge in [-0.1, -0.05) is 0 Å². The van der Waals surface area contributed by atoms with E-state index in [-0.39, 0.29) is 5.82 Å². The van der Waals surface area contributed by atoms with Crippen LogP contribution in [0, 0.1) is 5.82 Å². The van der Waals surface area contributed by atoms with Crippen LogP contribution in [0.5, 0.6) is 0 Å². The topological polar surface area (TPSA) is 37.8 Å². The second kappa shape index (κ2) is 5.23. The molecule has 2 rings (SSSR count). The summed E-state index contributed by atoms with van der Waals surface area (Å²) >= 11 is 3.11. The molecule has 0 unspecified atom stereocenters. The number of anilines is 1. The maximum atomic E-state index is 13.4. The van der Waals surface area contributed by atoms with Gasteiger partial charge in [0.2, 0.25) is 0 Å². The van der Waals surface area contributed by atoms with E-state index in [9.17, 15) is 4.39 Å². The number of halogens is 2. The Morgan fingerprint density at radius 2 is 2.18 bits per heavy atom. The Morgan fingerprint density at radius 1 is 1.35 bits per heavy atom. The molecule has 1 aromatic heterocycles. The number of benzene rings is 1. The molecule has 1 aromatic carbocycles. The monoisotopic (exact) mass is 295 g/mol. The molecule has 0 aliphatic rings. The Labute approximate surface area is 107 Å². The summed E-state index contributed by atoms with van der Waals surface area (Å²) in [4.78, 5) is 8.43.